The summed E-state index contributed by atoms with van der Waals surface area (Å²) in [6.45, 7) is -0.129. The van der Waals surface area contributed by atoms with Crippen molar-refractivity contribution in [1.29, 1.82) is 0 Å². The molecule has 0 fully saturated rings. The number of carbonyl (C=O) groups excluding carboxylic acids is 3. The van der Waals surface area contributed by atoms with E-state index < -0.39 is 5.97 Å². The molecule has 114 valence electrons. The lowest BCUT2D eigenvalue weighted by Gasteiger charge is -2.10. The summed E-state index contributed by atoms with van der Waals surface area (Å²) < 4.78 is 5.66. The number of rotatable bonds is 6. The molecule has 6 nitrogen and oxygen atoms in total. The second-order valence-corrected chi connectivity index (χ2v) is 5.38. The van der Waals surface area contributed by atoms with Crippen molar-refractivity contribution in [3.63, 3.8) is 0 Å². The zero-order valence-corrected chi connectivity index (χ0v) is 13.5. The van der Waals surface area contributed by atoms with E-state index in [1.807, 2.05) is 0 Å². The fraction of sp³-hybridized carbons (Fsp3) is 0.357. The Morgan fingerprint density at radius 1 is 1.19 bits per heavy atom. The Morgan fingerprint density at radius 2 is 1.81 bits per heavy atom. The molecule has 0 unspecified atom stereocenters. The Balaban J connectivity index is 2.26. The Hall–Kier alpha value is -1.89. The first kappa shape index (κ1) is 17.2. The number of halogens is 1. The fourth-order valence-electron chi connectivity index (χ4n) is 1.32. The monoisotopic (exact) mass is 356 g/mol. The summed E-state index contributed by atoms with van der Waals surface area (Å²) in [5.41, 5.74) is 0.509. The molecule has 0 aromatic heterocycles. The van der Waals surface area contributed by atoms with Gasteiger partial charge in [-0.05, 0) is 24.3 Å². The minimum Gasteiger partial charge on any atom is -0.456 e. The molecule has 7 heteroatoms. The van der Waals surface area contributed by atoms with Crippen LogP contribution in [0.4, 0.5) is 0 Å². The maximum absolute atomic E-state index is 11.8. The molecule has 1 rings (SSSR count). The molecule has 0 aliphatic rings. The highest BCUT2D eigenvalue weighted by molar-refractivity contribution is 9.10. The van der Waals surface area contributed by atoms with Crippen molar-refractivity contribution in [2.45, 2.75) is 6.42 Å². The highest BCUT2D eigenvalue weighted by Gasteiger charge is 2.10. The highest BCUT2D eigenvalue weighted by Crippen LogP contribution is 2.10. The van der Waals surface area contributed by atoms with Gasteiger partial charge < -0.3 is 15.0 Å². The third kappa shape index (κ3) is 6.40. The first-order chi connectivity index (χ1) is 9.90. The molecule has 0 aliphatic carbocycles. The molecule has 0 radical (unpaired) electrons. The van der Waals surface area contributed by atoms with Gasteiger partial charge in [0, 0.05) is 30.7 Å². The van der Waals surface area contributed by atoms with Crippen LogP contribution in [0, 0.1) is 0 Å². The van der Waals surface area contributed by atoms with Crippen molar-refractivity contribution in [1.82, 2.24) is 10.2 Å². The van der Waals surface area contributed by atoms with Gasteiger partial charge in [0.05, 0.1) is 6.42 Å². The summed E-state index contributed by atoms with van der Waals surface area (Å²) in [5, 5.41) is 2.61. The fourth-order valence-corrected chi connectivity index (χ4v) is 1.59. The molecule has 21 heavy (non-hydrogen) atoms. The van der Waals surface area contributed by atoms with E-state index in [1.54, 1.807) is 38.4 Å². The predicted molar refractivity (Wildman–Crippen MR) is 80.7 cm³/mol. The van der Waals surface area contributed by atoms with Crippen LogP contribution in [-0.4, -0.2) is 49.9 Å². The summed E-state index contributed by atoms with van der Waals surface area (Å²) >= 11 is 3.28. The van der Waals surface area contributed by atoms with Crippen LogP contribution < -0.4 is 5.32 Å². The topological polar surface area (TPSA) is 75.7 Å². The van der Waals surface area contributed by atoms with Gasteiger partial charge in [-0.2, -0.15) is 0 Å². The average molecular weight is 357 g/mol. The maximum Gasteiger partial charge on any atom is 0.308 e. The first-order valence-corrected chi connectivity index (χ1v) is 7.09. The summed E-state index contributed by atoms with van der Waals surface area (Å²) in [7, 11) is 3.16. The van der Waals surface area contributed by atoms with Crippen LogP contribution in [0.1, 0.15) is 16.8 Å². The minimum atomic E-state index is -0.527. The van der Waals surface area contributed by atoms with Crippen LogP contribution in [0.15, 0.2) is 28.7 Å². The molecular weight excluding hydrogens is 340 g/mol. The summed E-state index contributed by atoms with van der Waals surface area (Å²) in [6.07, 6.45) is 0.0168. The molecule has 0 spiro atoms. The van der Waals surface area contributed by atoms with E-state index in [-0.39, 0.29) is 31.4 Å². The zero-order valence-electron chi connectivity index (χ0n) is 11.9. The van der Waals surface area contributed by atoms with E-state index in [9.17, 15) is 14.4 Å². The second kappa shape index (κ2) is 8.41. The third-order valence-electron chi connectivity index (χ3n) is 2.58. The number of benzene rings is 1. The number of ether oxygens (including phenoxy) is 1. The number of esters is 1. The molecule has 0 heterocycles. The summed E-state index contributed by atoms with van der Waals surface area (Å²) in [5.74, 6) is -1.08. The smallest absolute Gasteiger partial charge is 0.308 e. The zero-order chi connectivity index (χ0) is 15.8. The van der Waals surface area contributed by atoms with Crippen LogP contribution in [0.5, 0.6) is 0 Å². The number of likely N-dealkylation sites (N-methyl/N-ethyl adjacent to an activating group) is 1. The maximum atomic E-state index is 11.8. The van der Waals surface area contributed by atoms with E-state index in [0.29, 0.717) is 5.56 Å². The SMILES string of the molecule is CN(C)C(=O)COC(=O)CCNC(=O)c1ccc(Br)cc1. The lowest BCUT2D eigenvalue weighted by molar-refractivity contribution is -0.150. The van der Waals surface area contributed by atoms with E-state index in [2.05, 4.69) is 21.2 Å². The quantitative estimate of drug-likeness (QED) is 0.777. The van der Waals surface area contributed by atoms with Gasteiger partial charge in [-0.25, -0.2) is 0 Å². The van der Waals surface area contributed by atoms with Gasteiger partial charge in [0.2, 0.25) is 0 Å². The number of hydrogen-bond donors (Lipinski definition) is 1. The Labute approximate surface area is 131 Å². The standard InChI is InChI=1S/C14H17BrN2O4/c1-17(2)12(18)9-21-13(19)7-8-16-14(20)10-3-5-11(15)6-4-10/h3-6H,7-9H2,1-2H3,(H,16,20). The molecule has 1 N–H and O–H groups in total. The number of nitrogens with zero attached hydrogens (tertiary/aromatic N) is 1. The molecule has 0 atom stereocenters. The minimum absolute atomic E-state index is 0.0168. The van der Waals surface area contributed by atoms with Crippen LogP contribution in [0.3, 0.4) is 0 Å². The normalized spacial score (nSPS) is 9.86. The lowest BCUT2D eigenvalue weighted by atomic mass is 10.2. The van der Waals surface area contributed by atoms with Crippen LogP contribution in [0.2, 0.25) is 0 Å². The molecular formula is C14H17BrN2O4. The molecule has 1 aromatic carbocycles. The molecule has 0 saturated heterocycles. The molecule has 0 bridgehead atoms. The van der Waals surface area contributed by atoms with E-state index in [1.165, 1.54) is 4.90 Å². The number of hydrogen-bond acceptors (Lipinski definition) is 4. The Morgan fingerprint density at radius 3 is 2.38 bits per heavy atom. The van der Waals surface area contributed by atoms with Gasteiger partial charge in [-0.15, -0.1) is 0 Å². The van der Waals surface area contributed by atoms with E-state index >= 15 is 0 Å². The third-order valence-corrected chi connectivity index (χ3v) is 3.11. The number of amides is 2. The van der Waals surface area contributed by atoms with Gasteiger partial charge in [0.25, 0.3) is 11.8 Å². The van der Waals surface area contributed by atoms with Crippen molar-refractivity contribution in [2.24, 2.45) is 0 Å². The Bertz CT molecular complexity index is 514. The largest absolute Gasteiger partial charge is 0.456 e. The van der Waals surface area contributed by atoms with Gasteiger partial charge in [-0.1, -0.05) is 15.9 Å². The summed E-state index contributed by atoms with van der Waals surface area (Å²) in [6, 6.07) is 6.87. The summed E-state index contributed by atoms with van der Waals surface area (Å²) in [4.78, 5) is 35.7. The Kier molecular flexibility index (Phi) is 6.87. The van der Waals surface area contributed by atoms with Gasteiger partial charge in [-0.3, -0.25) is 14.4 Å². The van der Waals surface area contributed by atoms with Crippen molar-refractivity contribution in [3.8, 4) is 0 Å². The van der Waals surface area contributed by atoms with Crippen molar-refractivity contribution >= 4 is 33.7 Å². The van der Waals surface area contributed by atoms with Crippen molar-refractivity contribution < 1.29 is 19.1 Å². The predicted octanol–water partition coefficient (Wildman–Crippen LogP) is 1.20. The van der Waals surface area contributed by atoms with Gasteiger partial charge in [0.1, 0.15) is 0 Å². The number of nitrogens with one attached hydrogen (secondary N) is 1. The van der Waals surface area contributed by atoms with Gasteiger partial charge in [0.15, 0.2) is 6.61 Å². The molecule has 2 amide bonds. The van der Waals surface area contributed by atoms with Gasteiger partial charge >= 0.3 is 5.97 Å². The highest BCUT2D eigenvalue weighted by atomic mass is 79.9. The lowest BCUT2D eigenvalue weighted by Crippen LogP contribution is -2.29. The van der Waals surface area contributed by atoms with Crippen LogP contribution >= 0.6 is 15.9 Å². The molecule has 1 aromatic rings. The van der Waals surface area contributed by atoms with Crippen LogP contribution in [0.25, 0.3) is 0 Å². The second-order valence-electron chi connectivity index (χ2n) is 4.46. The van der Waals surface area contributed by atoms with E-state index in [4.69, 9.17) is 4.74 Å². The molecule has 0 aliphatic heterocycles. The van der Waals surface area contributed by atoms with Crippen molar-refractivity contribution in [2.75, 3.05) is 27.2 Å². The van der Waals surface area contributed by atoms with Crippen molar-refractivity contribution in [3.05, 3.63) is 34.3 Å². The molecule has 0 saturated carbocycles. The average Bonchev–Trinajstić information content (AvgIpc) is 2.45. The van der Waals surface area contributed by atoms with Crippen LogP contribution in [-0.2, 0) is 14.3 Å². The van der Waals surface area contributed by atoms with E-state index in [0.717, 1.165) is 4.47 Å². The first-order valence-electron chi connectivity index (χ1n) is 6.29. The number of carbonyl (C=O) groups is 3.